The summed E-state index contributed by atoms with van der Waals surface area (Å²) in [5, 5.41) is 8.67. The van der Waals surface area contributed by atoms with E-state index >= 15 is 0 Å². The molecule has 0 aromatic heterocycles. The maximum atomic E-state index is 11.4. The molecule has 6 nitrogen and oxygen atoms in total. The molecule has 1 aromatic rings. The number of hydrogen-bond donors (Lipinski definition) is 1. The van der Waals surface area contributed by atoms with Gasteiger partial charge in [0.1, 0.15) is 12.4 Å². The summed E-state index contributed by atoms with van der Waals surface area (Å²) in [5.41, 5.74) is 0.349. The average molecular weight is 254 g/mol. The Balaban J connectivity index is 3.11. The van der Waals surface area contributed by atoms with E-state index < -0.39 is 11.9 Å². The van der Waals surface area contributed by atoms with Crippen LogP contribution in [0.4, 0.5) is 0 Å². The predicted octanol–water partition coefficient (Wildman–Crippen LogP) is 0.631. The molecule has 0 unspecified atom stereocenters. The number of hydrogen-bond acceptors (Lipinski definition) is 6. The molecular weight excluding hydrogens is 240 g/mol. The summed E-state index contributed by atoms with van der Waals surface area (Å²) in [6.07, 6.45) is 0. The maximum absolute atomic E-state index is 11.4. The first-order chi connectivity index (χ1) is 8.62. The Morgan fingerprint density at radius 1 is 1.06 bits per heavy atom. The van der Waals surface area contributed by atoms with Gasteiger partial charge in [-0.1, -0.05) is 0 Å². The van der Waals surface area contributed by atoms with E-state index in [-0.39, 0.29) is 30.1 Å². The van der Waals surface area contributed by atoms with Crippen molar-refractivity contribution < 1.29 is 28.9 Å². The molecule has 1 N–H and O–H groups in total. The maximum Gasteiger partial charge on any atom is 0.338 e. The average Bonchev–Trinajstić information content (AvgIpc) is 2.42. The number of methoxy groups -OCH3 is 2. The van der Waals surface area contributed by atoms with Gasteiger partial charge in [0.15, 0.2) is 0 Å². The van der Waals surface area contributed by atoms with Crippen LogP contribution in [0.5, 0.6) is 5.75 Å². The van der Waals surface area contributed by atoms with Crippen LogP contribution < -0.4 is 4.74 Å². The molecule has 0 heterocycles. The smallest absolute Gasteiger partial charge is 0.338 e. The lowest BCUT2D eigenvalue weighted by atomic mass is 10.1. The van der Waals surface area contributed by atoms with Crippen LogP contribution in [0.3, 0.4) is 0 Å². The highest BCUT2D eigenvalue weighted by Gasteiger charge is 2.14. The van der Waals surface area contributed by atoms with Crippen LogP contribution >= 0.6 is 0 Å². The zero-order valence-electron chi connectivity index (χ0n) is 10.1. The lowest BCUT2D eigenvalue weighted by Crippen LogP contribution is -2.09. The van der Waals surface area contributed by atoms with Crippen LogP contribution in [0.1, 0.15) is 20.7 Å². The van der Waals surface area contributed by atoms with Crippen LogP contribution in [0.25, 0.3) is 0 Å². The molecule has 0 amide bonds. The summed E-state index contributed by atoms with van der Waals surface area (Å²) in [5.74, 6) is -0.892. The molecule has 0 atom stereocenters. The monoisotopic (exact) mass is 254 g/mol. The zero-order chi connectivity index (χ0) is 13.5. The van der Waals surface area contributed by atoms with E-state index in [1.807, 2.05) is 0 Å². The van der Waals surface area contributed by atoms with E-state index in [0.717, 1.165) is 0 Å². The Kier molecular flexibility index (Phi) is 5.13. The quantitative estimate of drug-likeness (QED) is 0.776. The van der Waals surface area contributed by atoms with E-state index in [0.29, 0.717) is 0 Å². The molecule has 1 aromatic carbocycles. The van der Waals surface area contributed by atoms with Crippen molar-refractivity contribution in [3.63, 3.8) is 0 Å². The fraction of sp³-hybridized carbons (Fsp3) is 0.333. The normalized spacial score (nSPS) is 9.72. The highest BCUT2D eigenvalue weighted by molar-refractivity contribution is 5.96. The number of carbonyl (C=O) groups is 2. The highest BCUT2D eigenvalue weighted by Crippen LogP contribution is 2.19. The first-order valence-corrected chi connectivity index (χ1v) is 5.17. The topological polar surface area (TPSA) is 82.1 Å². The van der Waals surface area contributed by atoms with Crippen molar-refractivity contribution in [2.45, 2.75) is 0 Å². The van der Waals surface area contributed by atoms with Crippen LogP contribution in [0, 0.1) is 0 Å². The molecule has 0 aliphatic carbocycles. The lowest BCUT2D eigenvalue weighted by Gasteiger charge is -2.08. The third-order valence-electron chi connectivity index (χ3n) is 2.11. The van der Waals surface area contributed by atoms with Gasteiger partial charge in [-0.2, -0.15) is 0 Å². The second-order valence-corrected chi connectivity index (χ2v) is 3.30. The summed E-state index contributed by atoms with van der Waals surface area (Å²) in [6.45, 7) is -0.110. The summed E-state index contributed by atoms with van der Waals surface area (Å²) >= 11 is 0. The minimum Gasteiger partial charge on any atom is -0.491 e. The van der Waals surface area contributed by atoms with Gasteiger partial charge in [-0.3, -0.25) is 0 Å². The van der Waals surface area contributed by atoms with E-state index in [2.05, 4.69) is 9.47 Å². The molecule has 0 aliphatic rings. The standard InChI is InChI=1S/C12H14O6/c1-16-11(14)8-5-9(12(15)17-2)7-10(6-8)18-4-3-13/h5-7,13H,3-4H2,1-2H3. The first kappa shape index (κ1) is 14.0. The lowest BCUT2D eigenvalue weighted by molar-refractivity contribution is 0.0598. The zero-order valence-corrected chi connectivity index (χ0v) is 10.1. The third kappa shape index (κ3) is 3.46. The van der Waals surface area contributed by atoms with Gasteiger partial charge in [-0.15, -0.1) is 0 Å². The Morgan fingerprint density at radius 3 is 1.94 bits per heavy atom. The summed E-state index contributed by atoms with van der Waals surface area (Å²) in [7, 11) is 2.48. The van der Waals surface area contributed by atoms with Crippen LogP contribution in [0.2, 0.25) is 0 Å². The van der Waals surface area contributed by atoms with E-state index in [9.17, 15) is 9.59 Å². The van der Waals surface area contributed by atoms with Gasteiger partial charge >= 0.3 is 11.9 Å². The SMILES string of the molecule is COC(=O)c1cc(OCCO)cc(C(=O)OC)c1. The third-order valence-corrected chi connectivity index (χ3v) is 2.11. The van der Waals surface area contributed by atoms with E-state index in [1.54, 1.807) is 0 Å². The summed E-state index contributed by atoms with van der Waals surface area (Å²) < 4.78 is 14.3. The van der Waals surface area contributed by atoms with Crippen LogP contribution in [-0.4, -0.2) is 44.5 Å². The molecule has 0 saturated carbocycles. The number of carbonyl (C=O) groups excluding carboxylic acids is 2. The molecule has 6 heteroatoms. The van der Waals surface area contributed by atoms with Crippen molar-refractivity contribution >= 4 is 11.9 Å². The Bertz CT molecular complexity index is 406. The minimum absolute atomic E-state index is 0.0608. The molecule has 0 spiro atoms. The van der Waals surface area contributed by atoms with E-state index in [1.165, 1.54) is 32.4 Å². The van der Waals surface area contributed by atoms with Crippen molar-refractivity contribution in [1.82, 2.24) is 0 Å². The van der Waals surface area contributed by atoms with Crippen LogP contribution in [-0.2, 0) is 9.47 Å². The minimum atomic E-state index is -0.588. The number of ether oxygens (including phenoxy) is 3. The van der Waals surface area contributed by atoms with Gasteiger partial charge in [0.05, 0.1) is 32.0 Å². The van der Waals surface area contributed by atoms with Crippen molar-refractivity contribution in [3.05, 3.63) is 29.3 Å². The summed E-state index contributed by atoms with van der Waals surface area (Å²) in [4.78, 5) is 22.8. The molecule has 18 heavy (non-hydrogen) atoms. The molecular formula is C12H14O6. The second-order valence-electron chi connectivity index (χ2n) is 3.30. The van der Waals surface area contributed by atoms with Crippen molar-refractivity contribution in [1.29, 1.82) is 0 Å². The fourth-order valence-electron chi connectivity index (χ4n) is 1.32. The molecule has 0 fully saturated rings. The Hall–Kier alpha value is -2.08. The fourth-order valence-corrected chi connectivity index (χ4v) is 1.32. The molecule has 0 bridgehead atoms. The van der Waals surface area contributed by atoms with Crippen molar-refractivity contribution in [2.75, 3.05) is 27.4 Å². The number of aliphatic hydroxyl groups is 1. The van der Waals surface area contributed by atoms with Gasteiger partial charge in [-0.05, 0) is 18.2 Å². The Morgan fingerprint density at radius 2 is 1.56 bits per heavy atom. The number of benzene rings is 1. The second kappa shape index (κ2) is 6.61. The Labute approximate surface area is 104 Å². The van der Waals surface area contributed by atoms with Gasteiger partial charge in [0.25, 0.3) is 0 Å². The van der Waals surface area contributed by atoms with Gasteiger partial charge in [0.2, 0.25) is 0 Å². The molecule has 0 saturated heterocycles. The predicted molar refractivity (Wildman–Crippen MR) is 61.7 cm³/mol. The molecule has 1 rings (SSSR count). The summed E-state index contributed by atoms with van der Waals surface area (Å²) in [6, 6.07) is 4.20. The van der Waals surface area contributed by atoms with Gasteiger partial charge in [-0.25, -0.2) is 9.59 Å². The molecule has 0 aliphatic heterocycles. The number of aliphatic hydroxyl groups excluding tert-OH is 1. The van der Waals surface area contributed by atoms with Crippen molar-refractivity contribution in [3.8, 4) is 5.75 Å². The number of rotatable bonds is 5. The largest absolute Gasteiger partial charge is 0.491 e. The molecule has 98 valence electrons. The van der Waals surface area contributed by atoms with Gasteiger partial charge < -0.3 is 19.3 Å². The molecule has 0 radical (unpaired) electrons. The first-order valence-electron chi connectivity index (χ1n) is 5.17. The number of esters is 2. The highest BCUT2D eigenvalue weighted by atomic mass is 16.5. The van der Waals surface area contributed by atoms with E-state index in [4.69, 9.17) is 9.84 Å². The van der Waals surface area contributed by atoms with Crippen LogP contribution in [0.15, 0.2) is 18.2 Å². The van der Waals surface area contributed by atoms with Crippen molar-refractivity contribution in [2.24, 2.45) is 0 Å². The van der Waals surface area contributed by atoms with Gasteiger partial charge in [0, 0.05) is 0 Å².